The van der Waals surface area contributed by atoms with Crippen LogP contribution in [0.3, 0.4) is 0 Å². The van der Waals surface area contributed by atoms with Gasteiger partial charge in [0.2, 0.25) is 0 Å². The van der Waals surface area contributed by atoms with Gasteiger partial charge in [0.15, 0.2) is 0 Å². The van der Waals surface area contributed by atoms with Crippen molar-refractivity contribution >= 4 is 40.1 Å². The summed E-state index contributed by atoms with van der Waals surface area (Å²) < 4.78 is 68.8. The molecular formula is C30H27ClF5N5. The van der Waals surface area contributed by atoms with Gasteiger partial charge in [0.25, 0.3) is 0 Å². The van der Waals surface area contributed by atoms with E-state index < -0.39 is 29.4 Å². The molecule has 0 aliphatic carbocycles. The molecule has 41 heavy (non-hydrogen) atoms. The lowest BCUT2D eigenvalue weighted by Crippen LogP contribution is -2.43. The van der Waals surface area contributed by atoms with Crippen molar-refractivity contribution in [3.8, 4) is 0 Å². The second kappa shape index (κ2) is 10.8. The number of anilines is 2. The Morgan fingerprint density at radius 2 is 1.85 bits per heavy atom. The Bertz CT molecular complexity index is 1590. The van der Waals surface area contributed by atoms with Crippen molar-refractivity contribution in [3.05, 3.63) is 106 Å². The predicted molar refractivity (Wildman–Crippen MR) is 154 cm³/mol. The molecule has 1 fully saturated rings. The maximum atomic E-state index is 14.3. The molecule has 5 rings (SSSR count). The molecule has 11 heteroatoms. The highest BCUT2D eigenvalue weighted by Crippen LogP contribution is 2.47. The van der Waals surface area contributed by atoms with Gasteiger partial charge in [-0.25, -0.2) is 8.78 Å². The fraction of sp³-hybridized carbons (Fsp3) is 0.233. The molecule has 5 nitrogen and oxygen atoms in total. The molecule has 0 aromatic heterocycles. The molecule has 5 N–H and O–H groups in total. The molecule has 0 saturated carbocycles. The molecule has 0 radical (unpaired) electrons. The summed E-state index contributed by atoms with van der Waals surface area (Å²) in [4.78, 5) is 4.49. The first-order valence-electron chi connectivity index (χ1n) is 12.7. The lowest BCUT2D eigenvalue weighted by atomic mass is 9.88. The monoisotopic (exact) mass is 587 g/mol. The van der Waals surface area contributed by atoms with Crippen LogP contribution in [0.25, 0.3) is 11.4 Å². The molecular weight excluding hydrogens is 561 g/mol. The van der Waals surface area contributed by atoms with Gasteiger partial charge >= 0.3 is 6.18 Å². The first-order valence-corrected chi connectivity index (χ1v) is 13.1. The molecule has 0 bridgehead atoms. The van der Waals surface area contributed by atoms with E-state index >= 15 is 0 Å². The van der Waals surface area contributed by atoms with Crippen LogP contribution in [-0.4, -0.2) is 25.8 Å². The fourth-order valence-corrected chi connectivity index (χ4v) is 5.45. The Labute approximate surface area is 239 Å². The van der Waals surface area contributed by atoms with Gasteiger partial charge in [-0.05, 0) is 67.9 Å². The summed E-state index contributed by atoms with van der Waals surface area (Å²) in [5, 5.41) is 9.82. The number of rotatable bonds is 7. The number of hydrogen-bond donors (Lipinski definition) is 4. The van der Waals surface area contributed by atoms with E-state index in [2.05, 4.69) is 34.1 Å². The van der Waals surface area contributed by atoms with Gasteiger partial charge in [-0.3, -0.25) is 4.99 Å². The van der Waals surface area contributed by atoms with Crippen LogP contribution in [0.15, 0.2) is 60.6 Å². The van der Waals surface area contributed by atoms with Crippen molar-refractivity contribution in [1.82, 2.24) is 10.6 Å². The molecule has 214 valence electrons. The summed E-state index contributed by atoms with van der Waals surface area (Å²) in [7, 11) is 1.66. The standard InChI is InChI=1S/C30H27ClF5N5/c1-14(17-7-18(30(34,35)36)9-20(33)8-17)40-25-11-22(24(38-3)6-16-12-39-13-16)28(37)26-15(2)41-29(27(25)26)21-10-19(32)4-5-23(21)31/h4-5,7-11,16,29,39-41H,1-2,6,12-13,37H2,3H3. The van der Waals surface area contributed by atoms with E-state index in [4.69, 9.17) is 17.3 Å². The van der Waals surface area contributed by atoms with Crippen molar-refractivity contribution in [3.63, 3.8) is 0 Å². The number of aliphatic imine (C=N–C) groups is 1. The Morgan fingerprint density at radius 3 is 2.49 bits per heavy atom. The zero-order valence-corrected chi connectivity index (χ0v) is 22.8. The molecule has 3 aromatic carbocycles. The number of halogens is 6. The van der Waals surface area contributed by atoms with Crippen LogP contribution >= 0.6 is 11.6 Å². The highest BCUT2D eigenvalue weighted by Gasteiger charge is 2.35. The van der Waals surface area contributed by atoms with Crippen molar-refractivity contribution < 1.29 is 22.0 Å². The van der Waals surface area contributed by atoms with Crippen LogP contribution < -0.4 is 21.7 Å². The number of alkyl halides is 3. The summed E-state index contributed by atoms with van der Waals surface area (Å²) in [5.41, 5.74) is 9.54. The Hall–Kier alpha value is -3.89. The van der Waals surface area contributed by atoms with Crippen LogP contribution in [0.5, 0.6) is 0 Å². The predicted octanol–water partition coefficient (Wildman–Crippen LogP) is 6.99. The first kappa shape index (κ1) is 28.6. The Kier molecular flexibility index (Phi) is 7.56. The van der Waals surface area contributed by atoms with E-state index in [-0.39, 0.29) is 16.3 Å². The number of nitrogens with two attached hydrogens (primary N) is 1. The van der Waals surface area contributed by atoms with Crippen LogP contribution in [0.1, 0.15) is 45.8 Å². The van der Waals surface area contributed by atoms with Crippen molar-refractivity contribution in [2.24, 2.45) is 10.9 Å². The number of nitrogen functional groups attached to an aromatic ring is 1. The van der Waals surface area contributed by atoms with E-state index in [0.717, 1.165) is 30.9 Å². The van der Waals surface area contributed by atoms with Gasteiger partial charge < -0.3 is 21.7 Å². The maximum Gasteiger partial charge on any atom is 0.416 e. The number of nitrogens with one attached hydrogen (secondary N) is 3. The second-order valence-corrected chi connectivity index (χ2v) is 10.5. The van der Waals surface area contributed by atoms with Crippen LogP contribution in [0.4, 0.5) is 33.3 Å². The molecule has 1 atom stereocenters. The molecule has 3 aromatic rings. The third-order valence-electron chi connectivity index (χ3n) is 7.37. The van der Waals surface area contributed by atoms with Crippen LogP contribution in [0, 0.1) is 17.6 Å². The zero-order valence-electron chi connectivity index (χ0n) is 22.0. The zero-order chi connectivity index (χ0) is 29.6. The smallest absolute Gasteiger partial charge is 0.398 e. The Morgan fingerprint density at radius 1 is 1.12 bits per heavy atom. The van der Waals surface area contributed by atoms with Gasteiger partial charge in [-0.15, -0.1) is 0 Å². The summed E-state index contributed by atoms with van der Waals surface area (Å²) in [6.45, 7) is 9.70. The van der Waals surface area contributed by atoms with Gasteiger partial charge in [0.1, 0.15) is 11.6 Å². The van der Waals surface area contributed by atoms with E-state index in [1.54, 1.807) is 13.1 Å². The fourth-order valence-electron chi connectivity index (χ4n) is 5.22. The summed E-state index contributed by atoms with van der Waals surface area (Å²) in [5.74, 6) is -1.21. The third-order valence-corrected chi connectivity index (χ3v) is 7.72. The highest BCUT2D eigenvalue weighted by molar-refractivity contribution is 6.31. The minimum atomic E-state index is -4.75. The minimum absolute atomic E-state index is 0.00713. The van der Waals surface area contributed by atoms with E-state index in [1.807, 2.05) is 0 Å². The molecule has 0 spiro atoms. The molecule has 0 amide bonds. The molecule has 2 aliphatic rings. The van der Waals surface area contributed by atoms with Gasteiger partial charge in [-0.2, -0.15) is 13.2 Å². The van der Waals surface area contributed by atoms with E-state index in [0.29, 0.717) is 57.7 Å². The second-order valence-electron chi connectivity index (χ2n) is 10.1. The number of benzene rings is 3. The average Bonchev–Trinajstić information content (AvgIpc) is 3.23. The molecule has 1 saturated heterocycles. The first-order chi connectivity index (χ1) is 19.4. The lowest BCUT2D eigenvalue weighted by molar-refractivity contribution is -0.137. The quantitative estimate of drug-likeness (QED) is 0.137. The van der Waals surface area contributed by atoms with Crippen LogP contribution in [-0.2, 0) is 6.18 Å². The third kappa shape index (κ3) is 5.54. The average molecular weight is 588 g/mol. The number of fused-ring (bicyclic) bond motifs is 1. The Balaban J connectivity index is 1.66. The minimum Gasteiger partial charge on any atom is -0.398 e. The summed E-state index contributed by atoms with van der Waals surface area (Å²) in [6.07, 6.45) is -4.11. The number of hydrogen-bond acceptors (Lipinski definition) is 5. The molecule has 1 unspecified atom stereocenters. The summed E-state index contributed by atoms with van der Waals surface area (Å²) in [6, 6.07) is 7.18. The maximum absolute atomic E-state index is 14.3. The molecule has 2 aliphatic heterocycles. The van der Waals surface area contributed by atoms with Gasteiger partial charge in [0, 0.05) is 62.7 Å². The van der Waals surface area contributed by atoms with Crippen molar-refractivity contribution in [1.29, 1.82) is 0 Å². The largest absolute Gasteiger partial charge is 0.416 e. The molecule has 2 heterocycles. The summed E-state index contributed by atoms with van der Waals surface area (Å²) >= 11 is 6.47. The number of nitrogens with zero attached hydrogens (tertiary/aromatic N) is 1. The lowest BCUT2D eigenvalue weighted by Gasteiger charge is -2.28. The topological polar surface area (TPSA) is 74.5 Å². The van der Waals surface area contributed by atoms with E-state index in [1.165, 1.54) is 18.2 Å². The van der Waals surface area contributed by atoms with Gasteiger partial charge in [0.05, 0.1) is 17.3 Å². The van der Waals surface area contributed by atoms with E-state index in [9.17, 15) is 22.0 Å². The van der Waals surface area contributed by atoms with Crippen molar-refractivity contribution in [2.75, 3.05) is 31.2 Å². The van der Waals surface area contributed by atoms with Gasteiger partial charge in [-0.1, -0.05) is 24.8 Å². The highest BCUT2D eigenvalue weighted by atomic mass is 35.5. The normalized spacial score (nSPS) is 17.2. The van der Waals surface area contributed by atoms with Crippen LogP contribution in [0.2, 0.25) is 5.02 Å². The SMILES string of the molecule is C=C(Nc1cc(C(CC2CNC2)=NC)c(N)c2c1C(c1cc(F)ccc1Cl)NC2=C)c1cc(F)cc(C(F)(F)F)c1. The van der Waals surface area contributed by atoms with Crippen molar-refractivity contribution in [2.45, 2.75) is 18.6 Å².